The first kappa shape index (κ1) is 21.8. The van der Waals surface area contributed by atoms with Gasteiger partial charge in [0.05, 0.1) is 17.6 Å². The van der Waals surface area contributed by atoms with Crippen LogP contribution in [0.5, 0.6) is 5.75 Å². The molecule has 0 saturated carbocycles. The zero-order valence-electron chi connectivity index (χ0n) is 17.8. The maximum Gasteiger partial charge on any atom is 0.335 e. The van der Waals surface area contributed by atoms with Gasteiger partial charge in [-0.25, -0.2) is 4.79 Å². The quantitative estimate of drug-likeness (QED) is 0.290. The number of nitro benzene ring substituents is 1. The average molecular weight is 447 g/mol. The number of anilines is 1. The summed E-state index contributed by atoms with van der Waals surface area (Å²) in [5.41, 5.74) is 2.96. The number of nitrogens with zero attached hydrogens (tertiary/aromatic N) is 3. The first-order chi connectivity index (χ1) is 15.9. The second-order valence-corrected chi connectivity index (χ2v) is 7.43. The highest BCUT2D eigenvalue weighted by molar-refractivity contribution is 5.87. The van der Waals surface area contributed by atoms with E-state index >= 15 is 0 Å². The molecule has 168 valence electrons. The van der Waals surface area contributed by atoms with Crippen LogP contribution in [-0.2, 0) is 13.0 Å². The van der Waals surface area contributed by atoms with Crippen molar-refractivity contribution < 1.29 is 24.0 Å². The Kier molecular flexibility index (Phi) is 6.21. The number of methoxy groups -OCH3 is 1. The number of aromatic nitrogens is 1. The van der Waals surface area contributed by atoms with Gasteiger partial charge in [0, 0.05) is 25.2 Å². The van der Waals surface area contributed by atoms with Crippen LogP contribution in [0.1, 0.15) is 21.5 Å². The summed E-state index contributed by atoms with van der Waals surface area (Å²) in [5, 5.41) is 20.2. The van der Waals surface area contributed by atoms with Gasteiger partial charge in [0.1, 0.15) is 11.3 Å². The monoisotopic (exact) mass is 447 g/mol. The highest BCUT2D eigenvalue weighted by Gasteiger charge is 2.17. The van der Waals surface area contributed by atoms with Crippen molar-refractivity contribution in [3.8, 4) is 5.75 Å². The van der Waals surface area contributed by atoms with Crippen molar-refractivity contribution in [2.45, 2.75) is 13.0 Å². The molecule has 0 atom stereocenters. The van der Waals surface area contributed by atoms with Crippen LogP contribution in [-0.4, -0.2) is 34.6 Å². The van der Waals surface area contributed by atoms with E-state index in [0.717, 1.165) is 16.9 Å². The van der Waals surface area contributed by atoms with Crippen molar-refractivity contribution in [1.29, 1.82) is 0 Å². The number of nitro groups is 1. The third-order valence-electron chi connectivity index (χ3n) is 5.24. The van der Waals surface area contributed by atoms with E-state index in [1.54, 1.807) is 31.4 Å². The number of benzene rings is 3. The predicted octanol–water partition coefficient (Wildman–Crippen LogP) is 4.69. The Hall–Kier alpha value is -4.40. The van der Waals surface area contributed by atoms with E-state index in [-0.39, 0.29) is 11.3 Å². The Morgan fingerprint density at radius 1 is 1.09 bits per heavy atom. The Labute approximate surface area is 189 Å². The third-order valence-corrected chi connectivity index (χ3v) is 5.24. The lowest BCUT2D eigenvalue weighted by Crippen LogP contribution is -2.25. The van der Waals surface area contributed by atoms with E-state index in [9.17, 15) is 14.9 Å². The SMILES string of the molecule is COc1ccc(CCN(Cc2ccc(C(=O)O)cc2)c2nc3cc([N+](=O)[O-])ccc3o2)cc1. The number of non-ortho nitro benzene ring substituents is 1. The Morgan fingerprint density at radius 3 is 2.42 bits per heavy atom. The summed E-state index contributed by atoms with van der Waals surface area (Å²) in [6.45, 7) is 0.979. The summed E-state index contributed by atoms with van der Waals surface area (Å²) in [7, 11) is 1.62. The Bertz CT molecular complexity index is 1280. The van der Waals surface area contributed by atoms with E-state index in [4.69, 9.17) is 14.3 Å². The number of carboxylic acid groups (broad SMARTS) is 1. The van der Waals surface area contributed by atoms with Gasteiger partial charge in [-0.3, -0.25) is 10.1 Å². The smallest absolute Gasteiger partial charge is 0.335 e. The van der Waals surface area contributed by atoms with E-state index in [2.05, 4.69) is 4.98 Å². The minimum Gasteiger partial charge on any atom is -0.497 e. The molecule has 0 radical (unpaired) electrons. The molecule has 3 aromatic carbocycles. The Morgan fingerprint density at radius 2 is 1.79 bits per heavy atom. The largest absolute Gasteiger partial charge is 0.497 e. The number of oxazole rings is 1. The fourth-order valence-electron chi connectivity index (χ4n) is 3.42. The van der Waals surface area contributed by atoms with Gasteiger partial charge in [-0.05, 0) is 47.9 Å². The fraction of sp³-hybridized carbons (Fsp3) is 0.167. The van der Waals surface area contributed by atoms with E-state index in [1.807, 2.05) is 29.2 Å². The number of carbonyl (C=O) groups is 1. The second kappa shape index (κ2) is 9.39. The number of aromatic carboxylic acids is 1. The molecule has 0 spiro atoms. The number of hydrogen-bond acceptors (Lipinski definition) is 7. The molecule has 0 saturated heterocycles. The second-order valence-electron chi connectivity index (χ2n) is 7.43. The number of hydrogen-bond donors (Lipinski definition) is 1. The van der Waals surface area contributed by atoms with Gasteiger partial charge in [0.2, 0.25) is 0 Å². The van der Waals surface area contributed by atoms with Crippen molar-refractivity contribution in [2.75, 3.05) is 18.6 Å². The summed E-state index contributed by atoms with van der Waals surface area (Å²) in [4.78, 5) is 28.2. The molecule has 9 heteroatoms. The Balaban J connectivity index is 1.61. The molecule has 0 fully saturated rings. The zero-order chi connectivity index (χ0) is 23.4. The highest BCUT2D eigenvalue weighted by atomic mass is 16.6. The van der Waals surface area contributed by atoms with Gasteiger partial charge in [0.25, 0.3) is 11.7 Å². The van der Waals surface area contributed by atoms with Crippen molar-refractivity contribution >= 4 is 28.8 Å². The summed E-state index contributed by atoms with van der Waals surface area (Å²) >= 11 is 0. The van der Waals surface area contributed by atoms with Crippen molar-refractivity contribution in [3.63, 3.8) is 0 Å². The molecule has 0 bridgehead atoms. The van der Waals surface area contributed by atoms with E-state index < -0.39 is 10.9 Å². The molecule has 0 aliphatic rings. The maximum atomic E-state index is 11.1. The van der Waals surface area contributed by atoms with Crippen molar-refractivity contribution in [2.24, 2.45) is 0 Å². The molecule has 0 amide bonds. The lowest BCUT2D eigenvalue weighted by atomic mass is 10.1. The van der Waals surface area contributed by atoms with E-state index in [1.165, 1.54) is 18.2 Å². The van der Waals surface area contributed by atoms with Gasteiger partial charge in [0.15, 0.2) is 5.58 Å². The van der Waals surface area contributed by atoms with E-state index in [0.29, 0.717) is 36.6 Å². The van der Waals surface area contributed by atoms with Crippen LogP contribution >= 0.6 is 0 Å². The van der Waals surface area contributed by atoms with Gasteiger partial charge in [-0.15, -0.1) is 0 Å². The highest BCUT2D eigenvalue weighted by Crippen LogP contribution is 2.27. The molecule has 1 heterocycles. The molecule has 9 nitrogen and oxygen atoms in total. The van der Waals surface area contributed by atoms with Crippen molar-refractivity contribution in [1.82, 2.24) is 4.98 Å². The molecule has 4 aromatic rings. The van der Waals surface area contributed by atoms with Crippen LogP contribution in [0.2, 0.25) is 0 Å². The van der Waals surface area contributed by atoms with Gasteiger partial charge in [-0.1, -0.05) is 24.3 Å². The third kappa shape index (κ3) is 5.09. The maximum absolute atomic E-state index is 11.1. The predicted molar refractivity (Wildman–Crippen MR) is 122 cm³/mol. The van der Waals surface area contributed by atoms with Crippen LogP contribution in [0.15, 0.2) is 71.1 Å². The minimum atomic E-state index is -0.988. The van der Waals surface area contributed by atoms with Crippen molar-refractivity contribution in [3.05, 3.63) is 93.5 Å². The molecule has 1 aromatic heterocycles. The van der Waals surface area contributed by atoms with Gasteiger partial charge < -0.3 is 19.2 Å². The molecular formula is C24H21N3O6. The lowest BCUT2D eigenvalue weighted by molar-refractivity contribution is -0.384. The zero-order valence-corrected chi connectivity index (χ0v) is 17.8. The molecule has 1 N–H and O–H groups in total. The molecule has 4 rings (SSSR count). The van der Waals surface area contributed by atoms with Gasteiger partial charge in [-0.2, -0.15) is 4.98 Å². The summed E-state index contributed by atoms with van der Waals surface area (Å²) in [6, 6.07) is 19.0. The van der Waals surface area contributed by atoms with Crippen LogP contribution in [0, 0.1) is 10.1 Å². The summed E-state index contributed by atoms with van der Waals surface area (Å²) in [6.07, 6.45) is 0.691. The van der Waals surface area contributed by atoms with Gasteiger partial charge >= 0.3 is 5.97 Å². The number of fused-ring (bicyclic) bond motifs is 1. The summed E-state index contributed by atoms with van der Waals surface area (Å²) in [5.74, 6) is -0.215. The molecular weight excluding hydrogens is 426 g/mol. The number of ether oxygens (including phenoxy) is 1. The molecule has 0 unspecified atom stereocenters. The number of rotatable bonds is 9. The molecule has 33 heavy (non-hydrogen) atoms. The first-order valence-corrected chi connectivity index (χ1v) is 10.2. The standard InChI is InChI=1S/C24H21N3O6/c1-32-20-9-4-16(5-10-20)12-13-26(15-17-2-6-18(7-3-17)23(28)29)24-25-21-14-19(27(30)31)8-11-22(21)33-24/h2-11,14H,12-13,15H2,1H3,(H,28,29). The van der Waals surface area contributed by atoms with Crippen LogP contribution in [0.3, 0.4) is 0 Å². The average Bonchev–Trinajstić information content (AvgIpc) is 3.25. The van der Waals surface area contributed by atoms with Crippen LogP contribution < -0.4 is 9.64 Å². The molecule has 0 aliphatic carbocycles. The van der Waals surface area contributed by atoms with Crippen LogP contribution in [0.4, 0.5) is 11.7 Å². The molecule has 0 aliphatic heterocycles. The fourth-order valence-corrected chi connectivity index (χ4v) is 3.42. The lowest BCUT2D eigenvalue weighted by Gasteiger charge is -2.21. The first-order valence-electron chi connectivity index (χ1n) is 10.2. The van der Waals surface area contributed by atoms with Crippen LogP contribution in [0.25, 0.3) is 11.1 Å². The normalized spacial score (nSPS) is 10.8. The number of carboxylic acids is 1. The minimum absolute atomic E-state index is 0.0589. The topological polar surface area (TPSA) is 119 Å². The summed E-state index contributed by atoms with van der Waals surface area (Å²) < 4.78 is 11.1.